The van der Waals surface area contributed by atoms with Gasteiger partial charge in [-0.05, 0) is 41.1 Å². The quantitative estimate of drug-likeness (QED) is 0.529. The lowest BCUT2D eigenvalue weighted by Crippen LogP contribution is -2.15. The fourth-order valence-corrected chi connectivity index (χ4v) is 2.10. The molecule has 2 rings (SSSR count). The molecule has 102 valence electrons. The Hall–Kier alpha value is -2.28. The van der Waals surface area contributed by atoms with E-state index in [4.69, 9.17) is 0 Å². The third kappa shape index (κ3) is 2.83. The number of amides is 1. The van der Waals surface area contributed by atoms with Crippen LogP contribution in [0.25, 0.3) is 0 Å². The van der Waals surface area contributed by atoms with Crippen LogP contribution in [0, 0.1) is 17.0 Å². The first-order valence-electron chi connectivity index (χ1n) is 5.66. The zero-order valence-corrected chi connectivity index (χ0v) is 12.0. The summed E-state index contributed by atoms with van der Waals surface area (Å²) in [4.78, 5) is 26.7. The summed E-state index contributed by atoms with van der Waals surface area (Å²) in [5, 5.41) is 13.7. The molecule has 2 aromatic rings. The monoisotopic (exact) mass is 335 g/mol. The normalized spacial score (nSPS) is 10.1. The van der Waals surface area contributed by atoms with E-state index in [1.54, 1.807) is 37.4 Å². The molecule has 0 atom stereocenters. The van der Waals surface area contributed by atoms with Crippen molar-refractivity contribution in [1.82, 2.24) is 4.98 Å². The van der Waals surface area contributed by atoms with Crippen LogP contribution in [0.2, 0.25) is 0 Å². The third-order valence-corrected chi connectivity index (χ3v) is 3.30. The van der Waals surface area contributed by atoms with Crippen molar-refractivity contribution in [2.75, 3.05) is 5.32 Å². The Bertz CT molecular complexity index is 688. The van der Waals surface area contributed by atoms with E-state index in [0.717, 1.165) is 0 Å². The second-order valence-corrected chi connectivity index (χ2v) is 4.78. The number of aryl methyl sites for hydroxylation is 1. The Morgan fingerprint density at radius 1 is 1.35 bits per heavy atom. The zero-order chi connectivity index (χ0) is 14.7. The van der Waals surface area contributed by atoms with Crippen molar-refractivity contribution >= 4 is 33.2 Å². The van der Waals surface area contributed by atoms with Crippen molar-refractivity contribution in [2.45, 2.75) is 6.92 Å². The predicted octanol–water partition coefficient (Wildman–Crippen LogP) is 3.31. The molecular formula is C13H10BrN3O3. The molecule has 0 aliphatic rings. The maximum absolute atomic E-state index is 12.2. The van der Waals surface area contributed by atoms with Gasteiger partial charge >= 0.3 is 0 Å². The standard InChI is InChI=1S/C13H10BrN3O3/c1-8-4-2-5-9(11(8)17(19)20)13(18)16-10-6-3-7-15-12(10)14/h2-7H,1H3,(H,16,18). The topological polar surface area (TPSA) is 85.1 Å². The van der Waals surface area contributed by atoms with Crippen LogP contribution in [-0.4, -0.2) is 15.8 Å². The summed E-state index contributed by atoms with van der Waals surface area (Å²) < 4.78 is 0.462. The Balaban J connectivity index is 2.38. The lowest BCUT2D eigenvalue weighted by molar-refractivity contribution is -0.385. The van der Waals surface area contributed by atoms with Crippen LogP contribution in [0.4, 0.5) is 11.4 Å². The zero-order valence-electron chi connectivity index (χ0n) is 10.5. The molecule has 0 aliphatic carbocycles. The molecule has 0 unspecified atom stereocenters. The SMILES string of the molecule is Cc1cccc(C(=O)Nc2cccnc2Br)c1[N+](=O)[O-]. The van der Waals surface area contributed by atoms with Gasteiger partial charge in [0.25, 0.3) is 11.6 Å². The molecule has 0 fully saturated rings. The number of nitrogens with one attached hydrogen (secondary N) is 1. The lowest BCUT2D eigenvalue weighted by atomic mass is 10.1. The molecule has 1 N–H and O–H groups in total. The highest BCUT2D eigenvalue weighted by Gasteiger charge is 2.22. The second-order valence-electron chi connectivity index (χ2n) is 4.02. The van der Waals surface area contributed by atoms with Crippen molar-refractivity contribution in [2.24, 2.45) is 0 Å². The van der Waals surface area contributed by atoms with Crippen molar-refractivity contribution in [1.29, 1.82) is 0 Å². The summed E-state index contributed by atoms with van der Waals surface area (Å²) in [6, 6.07) is 7.93. The first-order valence-corrected chi connectivity index (χ1v) is 6.46. The van der Waals surface area contributed by atoms with Gasteiger partial charge in [0.05, 0.1) is 10.6 Å². The molecule has 1 amide bonds. The first-order chi connectivity index (χ1) is 9.50. The fraction of sp³-hybridized carbons (Fsp3) is 0.0769. The Kier molecular flexibility index (Phi) is 4.09. The molecule has 7 heteroatoms. The number of nitrogens with zero attached hydrogens (tertiary/aromatic N) is 2. The number of rotatable bonds is 3. The summed E-state index contributed by atoms with van der Waals surface area (Å²) in [6.07, 6.45) is 1.56. The number of halogens is 1. The molecule has 1 heterocycles. The van der Waals surface area contributed by atoms with E-state index in [1.807, 2.05) is 0 Å². The van der Waals surface area contributed by atoms with E-state index in [-0.39, 0.29) is 11.3 Å². The molecule has 0 aliphatic heterocycles. The highest BCUT2D eigenvalue weighted by atomic mass is 79.9. The van der Waals surface area contributed by atoms with Crippen molar-refractivity contribution < 1.29 is 9.72 Å². The maximum Gasteiger partial charge on any atom is 0.285 e. The van der Waals surface area contributed by atoms with Crippen LogP contribution >= 0.6 is 15.9 Å². The lowest BCUT2D eigenvalue weighted by Gasteiger charge is -2.08. The Labute approximate surface area is 123 Å². The number of para-hydroxylation sites is 1. The van der Waals surface area contributed by atoms with Gasteiger partial charge in [0.1, 0.15) is 10.2 Å². The van der Waals surface area contributed by atoms with Crippen LogP contribution in [0.1, 0.15) is 15.9 Å². The van der Waals surface area contributed by atoms with Gasteiger partial charge in [0, 0.05) is 11.8 Å². The van der Waals surface area contributed by atoms with Crippen LogP contribution in [-0.2, 0) is 0 Å². The predicted molar refractivity (Wildman–Crippen MR) is 77.7 cm³/mol. The minimum Gasteiger partial charge on any atom is -0.319 e. The molecule has 1 aromatic carbocycles. The average molecular weight is 336 g/mol. The molecule has 0 saturated heterocycles. The Morgan fingerprint density at radius 3 is 2.75 bits per heavy atom. The number of nitro benzene ring substituents is 1. The van der Waals surface area contributed by atoms with Gasteiger partial charge in [-0.1, -0.05) is 12.1 Å². The molecule has 6 nitrogen and oxygen atoms in total. The van der Waals surface area contributed by atoms with Gasteiger partial charge in [0.15, 0.2) is 0 Å². The summed E-state index contributed by atoms with van der Waals surface area (Å²) >= 11 is 3.20. The van der Waals surface area contributed by atoms with Crippen LogP contribution < -0.4 is 5.32 Å². The minimum absolute atomic E-state index is 0.0192. The van der Waals surface area contributed by atoms with Crippen molar-refractivity contribution in [3.63, 3.8) is 0 Å². The molecule has 20 heavy (non-hydrogen) atoms. The van der Waals surface area contributed by atoms with Crippen LogP contribution in [0.3, 0.4) is 0 Å². The first kappa shape index (κ1) is 14.1. The summed E-state index contributed by atoms with van der Waals surface area (Å²) in [7, 11) is 0. The number of pyridine rings is 1. The van der Waals surface area contributed by atoms with E-state index in [9.17, 15) is 14.9 Å². The molecule has 0 bridgehead atoms. The number of hydrogen-bond acceptors (Lipinski definition) is 4. The number of carbonyl (C=O) groups is 1. The number of benzene rings is 1. The number of carbonyl (C=O) groups excluding carboxylic acids is 1. The number of nitro groups is 1. The van der Waals surface area contributed by atoms with Gasteiger partial charge in [-0.25, -0.2) is 4.98 Å². The van der Waals surface area contributed by atoms with Gasteiger partial charge in [0.2, 0.25) is 0 Å². The van der Waals surface area contributed by atoms with Crippen molar-refractivity contribution in [3.8, 4) is 0 Å². The van der Waals surface area contributed by atoms with Gasteiger partial charge in [-0.2, -0.15) is 0 Å². The van der Waals surface area contributed by atoms with Gasteiger partial charge < -0.3 is 5.32 Å². The van der Waals surface area contributed by atoms with E-state index in [0.29, 0.717) is 15.9 Å². The molecular weight excluding hydrogens is 326 g/mol. The average Bonchev–Trinajstić information content (AvgIpc) is 2.40. The minimum atomic E-state index is -0.553. The summed E-state index contributed by atoms with van der Waals surface area (Å²) in [5.41, 5.74) is 0.719. The maximum atomic E-state index is 12.2. The smallest absolute Gasteiger partial charge is 0.285 e. The third-order valence-electron chi connectivity index (χ3n) is 2.67. The molecule has 0 spiro atoms. The largest absolute Gasteiger partial charge is 0.319 e. The highest BCUT2D eigenvalue weighted by molar-refractivity contribution is 9.10. The molecule has 0 radical (unpaired) electrons. The Morgan fingerprint density at radius 2 is 2.10 bits per heavy atom. The number of aromatic nitrogens is 1. The van der Waals surface area contributed by atoms with Crippen LogP contribution in [0.5, 0.6) is 0 Å². The summed E-state index contributed by atoms with van der Waals surface area (Å²) in [5.74, 6) is -0.547. The summed E-state index contributed by atoms with van der Waals surface area (Å²) in [6.45, 7) is 1.59. The van der Waals surface area contributed by atoms with Gasteiger partial charge in [-0.3, -0.25) is 14.9 Å². The van der Waals surface area contributed by atoms with E-state index < -0.39 is 10.8 Å². The van der Waals surface area contributed by atoms with E-state index in [2.05, 4.69) is 26.2 Å². The molecule has 1 aromatic heterocycles. The number of anilines is 1. The van der Waals surface area contributed by atoms with Crippen molar-refractivity contribution in [3.05, 3.63) is 62.4 Å². The second kappa shape index (κ2) is 5.79. The fourth-order valence-electron chi connectivity index (χ4n) is 1.75. The van der Waals surface area contributed by atoms with E-state index in [1.165, 1.54) is 6.07 Å². The van der Waals surface area contributed by atoms with Crippen LogP contribution in [0.15, 0.2) is 41.1 Å². The van der Waals surface area contributed by atoms with E-state index >= 15 is 0 Å². The van der Waals surface area contributed by atoms with Gasteiger partial charge in [-0.15, -0.1) is 0 Å². The number of hydrogen-bond donors (Lipinski definition) is 1. The highest BCUT2D eigenvalue weighted by Crippen LogP contribution is 2.25. The molecule has 0 saturated carbocycles.